The van der Waals surface area contributed by atoms with Crippen LogP contribution in [0.15, 0.2) is 11.0 Å². The highest BCUT2D eigenvalue weighted by Crippen LogP contribution is 2.16. The highest BCUT2D eigenvalue weighted by Gasteiger charge is 2.09. The third-order valence-corrected chi connectivity index (χ3v) is 1.68. The van der Waals surface area contributed by atoms with E-state index in [-0.39, 0.29) is 17.5 Å². The predicted molar refractivity (Wildman–Crippen MR) is 47.1 cm³/mol. The van der Waals surface area contributed by atoms with Crippen molar-refractivity contribution in [3.63, 3.8) is 0 Å². The van der Waals surface area contributed by atoms with Gasteiger partial charge in [-0.3, -0.25) is 4.79 Å². The molecule has 13 heavy (non-hydrogen) atoms. The van der Waals surface area contributed by atoms with Crippen molar-refractivity contribution in [1.82, 2.24) is 9.78 Å². The van der Waals surface area contributed by atoms with E-state index in [2.05, 4.69) is 5.10 Å². The molecule has 0 amide bonds. The molecule has 0 aliphatic heterocycles. The van der Waals surface area contributed by atoms with E-state index in [1.165, 1.54) is 20.4 Å². The van der Waals surface area contributed by atoms with Crippen LogP contribution in [0, 0.1) is 0 Å². The fraction of sp³-hybridized carbons (Fsp3) is 0.429. The average Bonchev–Trinajstić information content (AvgIpc) is 2.11. The predicted octanol–water partition coefficient (Wildman–Crippen LogP) is 0.509. The maximum atomic E-state index is 11.4. The van der Waals surface area contributed by atoms with E-state index in [1.807, 2.05) is 0 Å². The molecule has 0 fully saturated rings. The van der Waals surface area contributed by atoms with Crippen LogP contribution in [0.5, 0.6) is 5.75 Å². The maximum absolute atomic E-state index is 11.4. The zero-order valence-electron chi connectivity index (χ0n) is 7.28. The molecule has 0 radical (unpaired) electrons. The first-order valence-electron chi connectivity index (χ1n) is 3.49. The summed E-state index contributed by atoms with van der Waals surface area (Å²) in [4.78, 5) is 11.4. The molecular weight excluding hydrogens is 196 g/mol. The first kappa shape index (κ1) is 10.0. The van der Waals surface area contributed by atoms with Crippen molar-refractivity contribution in [3.05, 3.63) is 21.6 Å². The van der Waals surface area contributed by atoms with E-state index in [0.717, 1.165) is 4.68 Å². The average molecular weight is 205 g/mol. The number of nitrogens with zero attached hydrogens (tertiary/aromatic N) is 2. The number of ether oxygens (including phenoxy) is 2. The van der Waals surface area contributed by atoms with Crippen molar-refractivity contribution in [3.8, 4) is 5.75 Å². The summed E-state index contributed by atoms with van der Waals surface area (Å²) in [7, 11) is 2.84. The Morgan fingerprint density at radius 2 is 2.31 bits per heavy atom. The smallest absolute Gasteiger partial charge is 0.312 e. The van der Waals surface area contributed by atoms with Crippen LogP contribution < -0.4 is 10.3 Å². The van der Waals surface area contributed by atoms with Crippen LogP contribution in [0.1, 0.15) is 0 Å². The van der Waals surface area contributed by atoms with Crippen molar-refractivity contribution < 1.29 is 9.47 Å². The van der Waals surface area contributed by atoms with Crippen LogP contribution in [-0.4, -0.2) is 24.0 Å². The zero-order valence-corrected chi connectivity index (χ0v) is 8.04. The van der Waals surface area contributed by atoms with Gasteiger partial charge in [0.2, 0.25) is 5.75 Å². The fourth-order valence-corrected chi connectivity index (χ4v) is 1.05. The van der Waals surface area contributed by atoms with Crippen LogP contribution in [-0.2, 0) is 11.5 Å². The molecule has 0 aromatic carbocycles. The molecule has 0 spiro atoms. The third kappa shape index (κ3) is 1.99. The molecule has 0 bridgehead atoms. The number of aromatic nitrogens is 2. The van der Waals surface area contributed by atoms with E-state index >= 15 is 0 Å². The second kappa shape index (κ2) is 4.25. The maximum Gasteiger partial charge on any atom is 0.312 e. The molecule has 0 unspecified atom stereocenters. The molecule has 0 saturated carbocycles. The van der Waals surface area contributed by atoms with E-state index in [1.54, 1.807) is 0 Å². The number of hydrogen-bond donors (Lipinski definition) is 0. The highest BCUT2D eigenvalue weighted by molar-refractivity contribution is 6.31. The van der Waals surface area contributed by atoms with Gasteiger partial charge in [-0.15, -0.1) is 0 Å². The van der Waals surface area contributed by atoms with Crippen LogP contribution in [0.4, 0.5) is 0 Å². The number of halogens is 1. The summed E-state index contributed by atoms with van der Waals surface area (Å²) in [5, 5.41) is 3.94. The Kier molecular flexibility index (Phi) is 3.27. The summed E-state index contributed by atoms with van der Waals surface area (Å²) >= 11 is 5.66. The minimum absolute atomic E-state index is 0.0758. The molecule has 1 aromatic rings. The molecule has 0 aliphatic carbocycles. The van der Waals surface area contributed by atoms with Crippen molar-refractivity contribution in [1.29, 1.82) is 0 Å². The largest absolute Gasteiger partial charge is 0.490 e. The quantitative estimate of drug-likeness (QED) is 0.720. The van der Waals surface area contributed by atoms with Crippen molar-refractivity contribution in [2.24, 2.45) is 0 Å². The summed E-state index contributed by atoms with van der Waals surface area (Å²) in [6, 6.07) is 0. The lowest BCUT2D eigenvalue weighted by Gasteiger charge is -2.05. The van der Waals surface area contributed by atoms with E-state index in [4.69, 9.17) is 21.1 Å². The minimum Gasteiger partial charge on any atom is -0.490 e. The second-order valence-corrected chi connectivity index (χ2v) is 2.66. The molecule has 6 heteroatoms. The Balaban J connectivity index is 3.20. The molecule has 5 nitrogen and oxygen atoms in total. The van der Waals surface area contributed by atoms with E-state index < -0.39 is 5.56 Å². The number of rotatable bonds is 3. The first-order valence-corrected chi connectivity index (χ1v) is 3.87. The Morgan fingerprint density at radius 1 is 1.62 bits per heavy atom. The number of methoxy groups -OCH3 is 2. The van der Waals surface area contributed by atoms with Gasteiger partial charge in [-0.25, -0.2) is 4.68 Å². The molecule has 72 valence electrons. The summed E-state index contributed by atoms with van der Waals surface area (Å²) in [5.41, 5.74) is -0.406. The molecule has 1 heterocycles. The topological polar surface area (TPSA) is 53.4 Å². The standard InChI is InChI=1S/C7H9ClN2O3/c1-12-4-10-7(11)6(13-2)5(8)3-9-10/h3H,4H2,1-2H3. The SMILES string of the molecule is COCn1ncc(Cl)c(OC)c1=O. The van der Waals surface area contributed by atoms with Crippen LogP contribution in [0.3, 0.4) is 0 Å². The summed E-state index contributed by atoms with van der Waals surface area (Å²) in [5.74, 6) is 0.0775. The number of hydrogen-bond acceptors (Lipinski definition) is 4. The van der Waals surface area contributed by atoms with Crippen LogP contribution in [0.25, 0.3) is 0 Å². The molecule has 1 rings (SSSR count). The van der Waals surface area contributed by atoms with Crippen LogP contribution in [0.2, 0.25) is 5.02 Å². The van der Waals surface area contributed by atoms with Gasteiger partial charge in [0.1, 0.15) is 11.8 Å². The van der Waals surface area contributed by atoms with Gasteiger partial charge in [-0.1, -0.05) is 11.6 Å². The normalized spacial score (nSPS) is 10.1. The zero-order chi connectivity index (χ0) is 9.84. The van der Waals surface area contributed by atoms with Gasteiger partial charge in [0, 0.05) is 7.11 Å². The summed E-state index contributed by atoms with van der Waals surface area (Å²) in [6.45, 7) is 0.0758. The molecule has 0 N–H and O–H groups in total. The van der Waals surface area contributed by atoms with Gasteiger partial charge < -0.3 is 9.47 Å². The first-order chi connectivity index (χ1) is 6.20. The monoisotopic (exact) mass is 204 g/mol. The van der Waals surface area contributed by atoms with Gasteiger partial charge in [0.15, 0.2) is 0 Å². The third-order valence-electron chi connectivity index (χ3n) is 1.41. The van der Waals surface area contributed by atoms with Crippen molar-refractivity contribution in [2.75, 3.05) is 14.2 Å². The van der Waals surface area contributed by atoms with Crippen molar-refractivity contribution >= 4 is 11.6 Å². The van der Waals surface area contributed by atoms with Gasteiger partial charge >= 0.3 is 5.56 Å². The van der Waals surface area contributed by atoms with Gasteiger partial charge in [0.25, 0.3) is 0 Å². The lowest BCUT2D eigenvalue weighted by molar-refractivity contribution is 0.115. The lowest BCUT2D eigenvalue weighted by atomic mass is 10.5. The molecule has 1 aromatic heterocycles. The fourth-order valence-electron chi connectivity index (χ4n) is 0.850. The van der Waals surface area contributed by atoms with Crippen molar-refractivity contribution in [2.45, 2.75) is 6.73 Å². The summed E-state index contributed by atoms with van der Waals surface area (Å²) < 4.78 is 10.7. The van der Waals surface area contributed by atoms with E-state index in [0.29, 0.717) is 0 Å². The second-order valence-electron chi connectivity index (χ2n) is 2.25. The lowest BCUT2D eigenvalue weighted by Crippen LogP contribution is -2.24. The van der Waals surface area contributed by atoms with E-state index in [9.17, 15) is 4.79 Å². The van der Waals surface area contributed by atoms with Crippen LogP contribution >= 0.6 is 11.6 Å². The van der Waals surface area contributed by atoms with Gasteiger partial charge in [-0.05, 0) is 0 Å². The minimum atomic E-state index is -0.406. The molecule has 0 saturated heterocycles. The summed E-state index contributed by atoms with van der Waals surface area (Å²) in [6.07, 6.45) is 1.33. The Labute approximate surface area is 79.8 Å². The molecule has 0 atom stereocenters. The molecule has 0 aliphatic rings. The Hall–Kier alpha value is -1.07. The van der Waals surface area contributed by atoms with Gasteiger partial charge in [-0.2, -0.15) is 5.10 Å². The molecular formula is C7H9ClN2O3. The highest BCUT2D eigenvalue weighted by atomic mass is 35.5. The Morgan fingerprint density at radius 3 is 2.85 bits per heavy atom. The van der Waals surface area contributed by atoms with Gasteiger partial charge in [0.05, 0.1) is 13.3 Å². The Bertz CT molecular complexity index is 350.